The molecule has 0 radical (unpaired) electrons. The number of alkyl halides is 3. The average Bonchev–Trinajstić information content (AvgIpc) is 2.87. The van der Waals surface area contributed by atoms with Crippen LogP contribution in [-0.2, 0) is 11.0 Å². The van der Waals surface area contributed by atoms with Crippen LogP contribution in [0.15, 0.2) is 24.3 Å². The second-order valence-corrected chi connectivity index (χ2v) is 4.66. The van der Waals surface area contributed by atoms with Gasteiger partial charge >= 0.3 is 18.2 Å². The third-order valence-electron chi connectivity index (χ3n) is 3.27. The maximum Gasteiger partial charge on any atom is 0.418 e. The van der Waals surface area contributed by atoms with Gasteiger partial charge in [0.2, 0.25) is 0 Å². The van der Waals surface area contributed by atoms with Crippen LogP contribution in [0.1, 0.15) is 18.4 Å². The molecule has 1 aromatic rings. The number of nitrogens with one attached hydrogen (secondary N) is 1. The van der Waals surface area contributed by atoms with Crippen LogP contribution >= 0.6 is 0 Å². The topological polar surface area (TPSA) is 69.6 Å². The predicted molar refractivity (Wildman–Crippen MR) is 67.8 cm³/mol. The molecule has 0 unspecified atom stereocenters. The average molecular weight is 302 g/mol. The van der Waals surface area contributed by atoms with Crippen molar-refractivity contribution in [2.45, 2.75) is 25.1 Å². The molecular formula is C13H13F3N2O3. The number of benzene rings is 1. The highest BCUT2D eigenvalue weighted by atomic mass is 19.4. The Hall–Kier alpha value is -2.25. The fourth-order valence-electron chi connectivity index (χ4n) is 2.29. The molecule has 5 nitrogen and oxygen atoms in total. The van der Waals surface area contributed by atoms with Gasteiger partial charge in [0.15, 0.2) is 0 Å². The highest BCUT2D eigenvalue weighted by Gasteiger charge is 2.36. The van der Waals surface area contributed by atoms with Crippen molar-refractivity contribution in [3.63, 3.8) is 0 Å². The van der Waals surface area contributed by atoms with E-state index in [2.05, 4.69) is 5.32 Å². The summed E-state index contributed by atoms with van der Waals surface area (Å²) >= 11 is 0. The highest BCUT2D eigenvalue weighted by Crippen LogP contribution is 2.34. The molecule has 1 aliphatic rings. The Bertz CT molecular complexity index is 560. The lowest BCUT2D eigenvalue weighted by Gasteiger charge is -2.23. The molecule has 1 aliphatic heterocycles. The van der Waals surface area contributed by atoms with Gasteiger partial charge in [0.1, 0.15) is 6.04 Å². The van der Waals surface area contributed by atoms with Crippen molar-refractivity contribution in [1.82, 2.24) is 4.90 Å². The molecule has 21 heavy (non-hydrogen) atoms. The van der Waals surface area contributed by atoms with Gasteiger partial charge in [-0.05, 0) is 25.0 Å². The summed E-state index contributed by atoms with van der Waals surface area (Å²) in [5.41, 5.74) is -1.35. The minimum Gasteiger partial charge on any atom is -0.480 e. The Balaban J connectivity index is 2.19. The fourth-order valence-corrected chi connectivity index (χ4v) is 2.29. The number of urea groups is 1. The maximum atomic E-state index is 12.8. The second kappa shape index (κ2) is 5.63. The maximum absolute atomic E-state index is 12.8. The molecule has 2 N–H and O–H groups in total. The van der Waals surface area contributed by atoms with Crippen LogP contribution in [0, 0.1) is 0 Å². The van der Waals surface area contributed by atoms with Crippen LogP contribution in [-0.4, -0.2) is 34.6 Å². The second-order valence-electron chi connectivity index (χ2n) is 4.66. The first kappa shape index (κ1) is 15.1. The van der Waals surface area contributed by atoms with Gasteiger partial charge in [-0.25, -0.2) is 9.59 Å². The summed E-state index contributed by atoms with van der Waals surface area (Å²) in [7, 11) is 0. The molecule has 8 heteroatoms. The first-order valence-electron chi connectivity index (χ1n) is 6.27. The number of aliphatic carboxylic acids is 1. The van der Waals surface area contributed by atoms with Gasteiger partial charge < -0.3 is 15.3 Å². The van der Waals surface area contributed by atoms with Crippen molar-refractivity contribution in [3.8, 4) is 0 Å². The van der Waals surface area contributed by atoms with Gasteiger partial charge in [-0.15, -0.1) is 0 Å². The molecule has 114 valence electrons. The van der Waals surface area contributed by atoms with Gasteiger partial charge in [0.25, 0.3) is 0 Å². The number of nitrogens with zero attached hydrogens (tertiary/aromatic N) is 1. The number of para-hydroxylation sites is 1. The molecule has 1 aromatic carbocycles. The summed E-state index contributed by atoms with van der Waals surface area (Å²) in [5, 5.41) is 11.1. The Morgan fingerprint density at radius 2 is 1.95 bits per heavy atom. The lowest BCUT2D eigenvalue weighted by molar-refractivity contribution is -0.141. The normalized spacial score (nSPS) is 18.6. The fraction of sp³-hybridized carbons (Fsp3) is 0.385. The minimum absolute atomic E-state index is 0.205. The van der Waals surface area contributed by atoms with Crippen molar-refractivity contribution in [2.75, 3.05) is 11.9 Å². The number of hydrogen-bond acceptors (Lipinski definition) is 2. The summed E-state index contributed by atoms with van der Waals surface area (Å²) < 4.78 is 38.5. The molecule has 1 atom stereocenters. The molecule has 0 saturated carbocycles. The Labute approximate surface area is 118 Å². The highest BCUT2D eigenvalue weighted by molar-refractivity contribution is 5.93. The van der Waals surface area contributed by atoms with Crippen molar-refractivity contribution in [3.05, 3.63) is 29.8 Å². The molecule has 0 spiro atoms. The number of hydrogen-bond donors (Lipinski definition) is 2. The molecule has 1 saturated heterocycles. The van der Waals surface area contributed by atoms with Crippen LogP contribution in [0.5, 0.6) is 0 Å². The van der Waals surface area contributed by atoms with Gasteiger partial charge in [-0.1, -0.05) is 12.1 Å². The first-order chi connectivity index (χ1) is 9.80. The van der Waals surface area contributed by atoms with E-state index in [4.69, 9.17) is 5.11 Å². The zero-order valence-corrected chi connectivity index (χ0v) is 10.9. The monoisotopic (exact) mass is 302 g/mol. The SMILES string of the molecule is O=C(O)[C@H]1CCCN1C(=O)Nc1ccccc1C(F)(F)F. The quantitative estimate of drug-likeness (QED) is 0.882. The number of carbonyl (C=O) groups is 2. The van der Waals surface area contributed by atoms with Crippen molar-refractivity contribution < 1.29 is 27.9 Å². The van der Waals surface area contributed by atoms with E-state index in [1.807, 2.05) is 0 Å². The number of likely N-dealkylation sites (tertiary alicyclic amines) is 1. The zero-order chi connectivity index (χ0) is 15.6. The lowest BCUT2D eigenvalue weighted by Crippen LogP contribution is -2.43. The van der Waals surface area contributed by atoms with Crippen molar-refractivity contribution in [2.24, 2.45) is 0 Å². The van der Waals surface area contributed by atoms with E-state index in [9.17, 15) is 22.8 Å². The number of carboxylic acid groups (broad SMARTS) is 1. The molecular weight excluding hydrogens is 289 g/mol. The number of amides is 2. The van der Waals surface area contributed by atoms with E-state index in [1.54, 1.807) is 0 Å². The molecule has 0 aromatic heterocycles. The molecule has 1 fully saturated rings. The number of halogens is 3. The van der Waals surface area contributed by atoms with Crippen molar-refractivity contribution in [1.29, 1.82) is 0 Å². The molecule has 2 amide bonds. The standard InChI is InChI=1S/C13H13F3N2O3/c14-13(15,16)8-4-1-2-5-9(8)17-12(21)18-7-3-6-10(18)11(19)20/h1-2,4-5,10H,3,6-7H2,(H,17,21)(H,19,20)/t10-/m1/s1. The summed E-state index contributed by atoms with van der Waals surface area (Å²) in [4.78, 5) is 24.0. The van der Waals surface area contributed by atoms with Gasteiger partial charge in [-0.3, -0.25) is 0 Å². The van der Waals surface area contributed by atoms with Crippen LogP contribution in [0.2, 0.25) is 0 Å². The third-order valence-corrected chi connectivity index (χ3v) is 3.27. The van der Waals surface area contributed by atoms with Gasteiger partial charge in [0.05, 0.1) is 11.3 Å². The largest absolute Gasteiger partial charge is 0.480 e. The first-order valence-corrected chi connectivity index (χ1v) is 6.27. The van der Waals surface area contributed by atoms with E-state index in [1.165, 1.54) is 12.1 Å². The van der Waals surface area contributed by atoms with Gasteiger partial charge in [0, 0.05) is 6.54 Å². The van der Waals surface area contributed by atoms with E-state index >= 15 is 0 Å². The Kier molecular flexibility index (Phi) is 4.06. The van der Waals surface area contributed by atoms with Gasteiger partial charge in [-0.2, -0.15) is 13.2 Å². The summed E-state index contributed by atoms with van der Waals surface area (Å²) in [6, 6.07) is 2.73. The smallest absolute Gasteiger partial charge is 0.418 e. The van der Waals surface area contributed by atoms with Crippen LogP contribution in [0.3, 0.4) is 0 Å². The Morgan fingerprint density at radius 3 is 2.57 bits per heavy atom. The van der Waals surface area contributed by atoms with E-state index in [0.717, 1.165) is 17.0 Å². The zero-order valence-electron chi connectivity index (χ0n) is 10.9. The number of carbonyl (C=O) groups excluding carboxylic acids is 1. The number of carboxylic acids is 1. The molecule has 0 aliphatic carbocycles. The van der Waals surface area contributed by atoms with E-state index in [-0.39, 0.29) is 12.2 Å². The predicted octanol–water partition coefficient (Wildman–Crippen LogP) is 2.79. The number of anilines is 1. The number of rotatable bonds is 2. The van der Waals surface area contributed by atoms with E-state index in [0.29, 0.717) is 12.8 Å². The summed E-state index contributed by atoms with van der Waals surface area (Å²) in [6.07, 6.45) is -3.80. The van der Waals surface area contributed by atoms with Crippen molar-refractivity contribution >= 4 is 17.7 Å². The molecule has 1 heterocycles. The lowest BCUT2D eigenvalue weighted by atomic mass is 10.1. The van der Waals surface area contributed by atoms with Crippen LogP contribution in [0.25, 0.3) is 0 Å². The molecule has 0 bridgehead atoms. The Morgan fingerprint density at radius 1 is 1.29 bits per heavy atom. The summed E-state index contributed by atoms with van der Waals surface area (Å²) in [6.45, 7) is 0.205. The minimum atomic E-state index is -4.60. The van der Waals surface area contributed by atoms with Crippen LogP contribution in [0.4, 0.5) is 23.7 Å². The van der Waals surface area contributed by atoms with E-state index < -0.39 is 29.8 Å². The van der Waals surface area contributed by atoms with Crippen LogP contribution < -0.4 is 5.32 Å². The summed E-state index contributed by atoms with van der Waals surface area (Å²) in [5.74, 6) is -1.16. The third kappa shape index (κ3) is 3.26. The molecule has 2 rings (SSSR count).